The second-order valence-electron chi connectivity index (χ2n) is 5.81. The van der Waals surface area contributed by atoms with Gasteiger partial charge in [0.25, 0.3) is 0 Å². The van der Waals surface area contributed by atoms with Crippen molar-refractivity contribution in [3.05, 3.63) is 79.0 Å². The maximum atomic E-state index is 10.8. The topological polar surface area (TPSA) is 78.8 Å². The molecular weight excluding hydrogens is 346 g/mol. The molecule has 26 heavy (non-hydrogen) atoms. The lowest BCUT2D eigenvalue weighted by Gasteiger charge is -2.09. The van der Waals surface area contributed by atoms with Crippen molar-refractivity contribution >= 4 is 22.0 Å². The molecule has 0 amide bonds. The summed E-state index contributed by atoms with van der Waals surface area (Å²) in [5.41, 5.74) is 5.54. The van der Waals surface area contributed by atoms with Crippen LogP contribution < -0.4 is 0 Å². The summed E-state index contributed by atoms with van der Waals surface area (Å²) < 4.78 is 21.6. The molecule has 3 heterocycles. The minimum Gasteiger partial charge on any atom is -0.772 e. The number of fused-ring (bicyclic) bond motifs is 1. The van der Waals surface area contributed by atoms with Gasteiger partial charge in [-0.15, -0.1) is 0 Å². The van der Waals surface area contributed by atoms with Crippen LogP contribution in [-0.2, 0) is 16.8 Å². The fraction of sp³-hybridized carbons (Fsp3) is 0.0500. The molecule has 6 heteroatoms. The number of hydrogen-bond donors (Lipinski definition) is 0. The fourth-order valence-electron chi connectivity index (χ4n) is 2.91. The monoisotopic (exact) mass is 360 g/mol. The van der Waals surface area contributed by atoms with E-state index in [9.17, 15) is 8.76 Å². The highest BCUT2D eigenvalue weighted by atomic mass is 32.2. The van der Waals surface area contributed by atoms with Crippen molar-refractivity contribution in [2.24, 2.45) is 0 Å². The smallest absolute Gasteiger partial charge is 0.0708 e. The van der Waals surface area contributed by atoms with Gasteiger partial charge >= 0.3 is 0 Å². The van der Waals surface area contributed by atoms with Gasteiger partial charge in [0.2, 0.25) is 0 Å². The normalized spacial score (nSPS) is 12.2. The highest BCUT2D eigenvalue weighted by Crippen LogP contribution is 2.30. The number of hydrogen-bond acceptors (Lipinski definition) is 5. The maximum absolute atomic E-state index is 10.8. The van der Waals surface area contributed by atoms with E-state index in [1.807, 2.05) is 36.4 Å². The van der Waals surface area contributed by atoms with E-state index < -0.39 is 11.1 Å². The zero-order valence-corrected chi connectivity index (χ0v) is 14.5. The molecule has 1 aromatic carbocycles. The molecule has 0 aliphatic rings. The van der Waals surface area contributed by atoms with Crippen LogP contribution in [0.5, 0.6) is 0 Å². The van der Waals surface area contributed by atoms with E-state index >= 15 is 0 Å². The van der Waals surface area contributed by atoms with Gasteiger partial charge in [0, 0.05) is 35.7 Å². The zero-order valence-electron chi connectivity index (χ0n) is 13.7. The summed E-state index contributed by atoms with van der Waals surface area (Å²) in [7, 11) is 0. The van der Waals surface area contributed by atoms with E-state index in [4.69, 9.17) is 0 Å². The molecule has 0 saturated carbocycles. The Hall–Kier alpha value is -2.96. The Morgan fingerprint density at radius 2 is 1.65 bits per heavy atom. The van der Waals surface area contributed by atoms with Gasteiger partial charge in [-0.2, -0.15) is 0 Å². The Bertz CT molecular complexity index is 1080. The van der Waals surface area contributed by atoms with Gasteiger partial charge < -0.3 is 4.55 Å². The number of nitrogens with zero attached hydrogens (tertiary/aromatic N) is 3. The summed E-state index contributed by atoms with van der Waals surface area (Å²) in [5, 5.41) is 1.04. The van der Waals surface area contributed by atoms with Crippen molar-refractivity contribution in [2.45, 2.75) is 5.75 Å². The van der Waals surface area contributed by atoms with Gasteiger partial charge in [0.05, 0.1) is 17.0 Å². The number of aromatic nitrogens is 3. The Morgan fingerprint density at radius 1 is 0.846 bits per heavy atom. The van der Waals surface area contributed by atoms with Crippen LogP contribution in [0.1, 0.15) is 5.69 Å². The van der Waals surface area contributed by atoms with E-state index in [0.717, 1.165) is 33.2 Å². The van der Waals surface area contributed by atoms with Gasteiger partial charge in [0.15, 0.2) is 0 Å². The van der Waals surface area contributed by atoms with Gasteiger partial charge in [-0.05, 0) is 64.2 Å². The van der Waals surface area contributed by atoms with Gasteiger partial charge in [-0.3, -0.25) is 19.2 Å². The van der Waals surface area contributed by atoms with Crippen molar-refractivity contribution in [3.63, 3.8) is 0 Å². The quantitative estimate of drug-likeness (QED) is 0.518. The fourth-order valence-corrected chi connectivity index (χ4v) is 3.32. The van der Waals surface area contributed by atoms with Crippen molar-refractivity contribution in [3.8, 4) is 22.3 Å². The molecule has 128 valence electrons. The van der Waals surface area contributed by atoms with Crippen molar-refractivity contribution in [1.29, 1.82) is 0 Å². The molecule has 0 N–H and O–H groups in total. The molecule has 0 aliphatic heterocycles. The van der Waals surface area contributed by atoms with Gasteiger partial charge in [-0.1, -0.05) is 12.1 Å². The summed E-state index contributed by atoms with van der Waals surface area (Å²) in [6, 6.07) is 15.6. The standard InChI is InChI=1S/C20H15N3O2S/c24-26(25)13-17-3-1-16(12-23-17)15-2-4-20-19(11-15)18(7-10-22-20)14-5-8-21-9-6-14/h1-12H,13H2,(H,24,25)/p-1. The summed E-state index contributed by atoms with van der Waals surface area (Å²) in [5.74, 6) is -0.0753. The maximum Gasteiger partial charge on any atom is 0.0708 e. The summed E-state index contributed by atoms with van der Waals surface area (Å²) in [4.78, 5) is 12.8. The van der Waals surface area contributed by atoms with Crippen LogP contribution in [0.15, 0.2) is 73.3 Å². The molecular formula is C20H14N3O2S-. The minimum atomic E-state index is -2.14. The first-order chi connectivity index (χ1) is 12.7. The van der Waals surface area contributed by atoms with Crippen LogP contribution >= 0.6 is 0 Å². The molecule has 0 radical (unpaired) electrons. The van der Waals surface area contributed by atoms with E-state index in [0.29, 0.717) is 5.69 Å². The third kappa shape index (κ3) is 3.37. The van der Waals surface area contributed by atoms with E-state index in [-0.39, 0.29) is 5.75 Å². The van der Waals surface area contributed by atoms with Crippen LogP contribution in [0.25, 0.3) is 33.2 Å². The van der Waals surface area contributed by atoms with E-state index in [1.54, 1.807) is 30.9 Å². The Labute approximate surface area is 153 Å². The van der Waals surface area contributed by atoms with Crippen molar-refractivity contribution in [2.75, 3.05) is 0 Å². The molecule has 5 nitrogen and oxygen atoms in total. The summed E-state index contributed by atoms with van der Waals surface area (Å²) in [6.45, 7) is 0. The van der Waals surface area contributed by atoms with Crippen LogP contribution in [0, 0.1) is 0 Å². The average Bonchev–Trinajstić information content (AvgIpc) is 2.68. The number of rotatable bonds is 4. The molecule has 0 aliphatic carbocycles. The minimum absolute atomic E-state index is 0.0753. The molecule has 0 spiro atoms. The van der Waals surface area contributed by atoms with E-state index in [1.165, 1.54) is 0 Å². The number of pyridine rings is 3. The molecule has 1 atom stereocenters. The lowest BCUT2D eigenvalue weighted by Crippen LogP contribution is -1.96. The Morgan fingerprint density at radius 3 is 2.38 bits per heavy atom. The van der Waals surface area contributed by atoms with Gasteiger partial charge in [0.1, 0.15) is 0 Å². The molecule has 3 aromatic heterocycles. The highest BCUT2D eigenvalue weighted by Gasteiger charge is 2.07. The first-order valence-corrected chi connectivity index (χ1v) is 9.25. The summed E-state index contributed by atoms with van der Waals surface area (Å²) >= 11 is -2.14. The van der Waals surface area contributed by atoms with Crippen LogP contribution in [0.2, 0.25) is 0 Å². The highest BCUT2D eigenvalue weighted by molar-refractivity contribution is 7.78. The predicted octanol–water partition coefficient (Wildman–Crippen LogP) is 3.74. The molecule has 4 rings (SSSR count). The summed E-state index contributed by atoms with van der Waals surface area (Å²) in [6.07, 6.45) is 7.05. The van der Waals surface area contributed by atoms with Crippen LogP contribution in [0.4, 0.5) is 0 Å². The Kier molecular flexibility index (Phi) is 4.51. The first kappa shape index (κ1) is 16.5. The molecule has 0 fully saturated rings. The lowest BCUT2D eigenvalue weighted by atomic mass is 9.98. The molecule has 1 unspecified atom stereocenters. The predicted molar refractivity (Wildman–Crippen MR) is 101 cm³/mol. The Balaban J connectivity index is 1.79. The van der Waals surface area contributed by atoms with Crippen LogP contribution in [-0.4, -0.2) is 23.7 Å². The lowest BCUT2D eigenvalue weighted by molar-refractivity contribution is 0.535. The molecule has 4 aromatic rings. The molecule has 0 saturated heterocycles. The van der Waals surface area contributed by atoms with Crippen molar-refractivity contribution in [1.82, 2.24) is 15.0 Å². The molecule has 0 bridgehead atoms. The van der Waals surface area contributed by atoms with Crippen molar-refractivity contribution < 1.29 is 8.76 Å². The number of benzene rings is 1. The van der Waals surface area contributed by atoms with E-state index in [2.05, 4.69) is 21.0 Å². The first-order valence-electron chi connectivity index (χ1n) is 8.01. The largest absolute Gasteiger partial charge is 0.772 e. The van der Waals surface area contributed by atoms with Crippen LogP contribution in [0.3, 0.4) is 0 Å². The van der Waals surface area contributed by atoms with Gasteiger partial charge in [-0.25, -0.2) is 0 Å². The third-order valence-electron chi connectivity index (χ3n) is 4.16. The zero-order chi connectivity index (χ0) is 17.9. The third-order valence-corrected chi connectivity index (χ3v) is 4.69. The second kappa shape index (κ2) is 7.11. The SMILES string of the molecule is O=S([O-])Cc1ccc(-c2ccc3nccc(-c4ccncc4)c3c2)cn1. The average molecular weight is 360 g/mol. The second-order valence-corrected chi connectivity index (χ2v) is 6.71.